The minimum Gasteiger partial charge on any atom is -0.399 e. The molecule has 16 heavy (non-hydrogen) atoms. The van der Waals surface area contributed by atoms with Gasteiger partial charge in [0, 0.05) is 18.8 Å². The molecule has 1 atom stereocenters. The Morgan fingerprint density at radius 3 is 2.69 bits per heavy atom. The Morgan fingerprint density at radius 2 is 2.00 bits per heavy atom. The number of anilines is 1. The predicted octanol–water partition coefficient (Wildman–Crippen LogP) is 0.719. The van der Waals surface area contributed by atoms with E-state index in [2.05, 4.69) is 0 Å². The van der Waals surface area contributed by atoms with Crippen molar-refractivity contribution < 1.29 is 4.79 Å². The first-order valence-corrected chi connectivity index (χ1v) is 5.55. The number of hydrogen-bond acceptors (Lipinski definition) is 3. The first-order valence-electron chi connectivity index (χ1n) is 5.55. The summed E-state index contributed by atoms with van der Waals surface area (Å²) < 4.78 is 0. The number of carbonyl (C=O) groups is 1. The maximum atomic E-state index is 11.8. The van der Waals surface area contributed by atoms with Crippen molar-refractivity contribution in [1.82, 2.24) is 4.90 Å². The zero-order valence-corrected chi connectivity index (χ0v) is 9.23. The summed E-state index contributed by atoms with van der Waals surface area (Å²) in [5, 5.41) is 0. The van der Waals surface area contributed by atoms with Crippen molar-refractivity contribution in [2.45, 2.75) is 25.4 Å². The van der Waals surface area contributed by atoms with Gasteiger partial charge in [0.15, 0.2) is 0 Å². The normalized spacial score (nSPS) is 21.2. The number of carbonyl (C=O) groups excluding carboxylic acids is 1. The summed E-state index contributed by atoms with van der Waals surface area (Å²) >= 11 is 0. The van der Waals surface area contributed by atoms with Crippen LogP contribution >= 0.6 is 0 Å². The van der Waals surface area contributed by atoms with Crippen LogP contribution in [0.3, 0.4) is 0 Å². The summed E-state index contributed by atoms with van der Waals surface area (Å²) in [5.74, 6) is 0.0584. The minimum atomic E-state index is -0.317. The van der Waals surface area contributed by atoms with Crippen molar-refractivity contribution in [2.75, 3.05) is 12.3 Å². The molecule has 86 valence electrons. The molecule has 1 aliphatic rings. The molecule has 1 fully saturated rings. The van der Waals surface area contributed by atoms with Crippen LogP contribution in [0.25, 0.3) is 0 Å². The number of hydrogen-bond donors (Lipinski definition) is 2. The maximum absolute atomic E-state index is 11.8. The molecular weight excluding hydrogens is 202 g/mol. The third-order valence-electron chi connectivity index (χ3n) is 2.93. The van der Waals surface area contributed by atoms with Gasteiger partial charge in [-0.2, -0.15) is 0 Å². The summed E-state index contributed by atoms with van der Waals surface area (Å²) in [4.78, 5) is 13.6. The van der Waals surface area contributed by atoms with Crippen LogP contribution in [0.2, 0.25) is 0 Å². The highest BCUT2D eigenvalue weighted by Gasteiger charge is 2.25. The lowest BCUT2D eigenvalue weighted by atomic mass is 10.0. The van der Waals surface area contributed by atoms with E-state index in [9.17, 15) is 4.79 Å². The van der Waals surface area contributed by atoms with E-state index in [0.717, 1.165) is 30.6 Å². The topological polar surface area (TPSA) is 72.3 Å². The number of nitrogens with zero attached hydrogens (tertiary/aromatic N) is 1. The Balaban J connectivity index is 2.03. The Hall–Kier alpha value is -1.55. The van der Waals surface area contributed by atoms with E-state index < -0.39 is 0 Å². The van der Waals surface area contributed by atoms with Crippen molar-refractivity contribution >= 4 is 11.6 Å². The second-order valence-electron chi connectivity index (χ2n) is 4.25. The van der Waals surface area contributed by atoms with Gasteiger partial charge in [-0.25, -0.2) is 0 Å². The molecule has 1 heterocycles. The highest BCUT2D eigenvalue weighted by Crippen LogP contribution is 2.14. The summed E-state index contributed by atoms with van der Waals surface area (Å²) in [7, 11) is 0. The van der Waals surface area contributed by atoms with Crippen LogP contribution < -0.4 is 11.5 Å². The van der Waals surface area contributed by atoms with Gasteiger partial charge in [0.05, 0.1) is 6.04 Å². The maximum Gasteiger partial charge on any atom is 0.239 e. The molecule has 0 saturated carbocycles. The zero-order valence-electron chi connectivity index (χ0n) is 9.23. The first kappa shape index (κ1) is 11.0. The predicted molar refractivity (Wildman–Crippen MR) is 63.5 cm³/mol. The Labute approximate surface area is 95.2 Å². The third kappa shape index (κ3) is 2.33. The Morgan fingerprint density at radius 1 is 1.31 bits per heavy atom. The van der Waals surface area contributed by atoms with E-state index in [4.69, 9.17) is 11.5 Å². The largest absolute Gasteiger partial charge is 0.399 e. The Kier molecular flexibility index (Phi) is 3.10. The SMILES string of the molecule is Nc1ccc(CN2CCC[C@H](N)C2=O)cc1. The van der Waals surface area contributed by atoms with E-state index >= 15 is 0 Å². The van der Waals surface area contributed by atoms with E-state index in [1.54, 1.807) is 0 Å². The van der Waals surface area contributed by atoms with E-state index in [1.165, 1.54) is 0 Å². The highest BCUT2D eigenvalue weighted by atomic mass is 16.2. The number of nitrogen functional groups attached to an aromatic ring is 1. The van der Waals surface area contributed by atoms with Crippen LogP contribution in [0.15, 0.2) is 24.3 Å². The summed E-state index contributed by atoms with van der Waals surface area (Å²) in [6.45, 7) is 1.43. The van der Waals surface area contributed by atoms with Gasteiger partial charge in [0.2, 0.25) is 5.91 Å². The molecule has 1 aromatic carbocycles. The fraction of sp³-hybridized carbons (Fsp3) is 0.417. The van der Waals surface area contributed by atoms with Crippen LogP contribution in [-0.4, -0.2) is 23.4 Å². The average Bonchev–Trinajstić information content (AvgIpc) is 2.28. The molecule has 0 aliphatic carbocycles. The molecule has 0 unspecified atom stereocenters. The third-order valence-corrected chi connectivity index (χ3v) is 2.93. The molecule has 1 aliphatic heterocycles. The van der Waals surface area contributed by atoms with Crippen molar-refractivity contribution in [3.8, 4) is 0 Å². The molecule has 0 radical (unpaired) electrons. The zero-order chi connectivity index (χ0) is 11.5. The van der Waals surface area contributed by atoms with Gasteiger partial charge in [0.25, 0.3) is 0 Å². The molecule has 1 aromatic rings. The van der Waals surface area contributed by atoms with Crippen molar-refractivity contribution in [3.05, 3.63) is 29.8 Å². The summed E-state index contributed by atoms with van der Waals surface area (Å²) in [5.41, 5.74) is 13.2. The first-order chi connectivity index (χ1) is 7.66. The summed E-state index contributed by atoms with van der Waals surface area (Å²) in [6.07, 6.45) is 1.79. The molecular formula is C12H17N3O. The Bertz CT molecular complexity index is 374. The minimum absolute atomic E-state index is 0.0584. The number of nitrogens with two attached hydrogens (primary N) is 2. The molecule has 0 bridgehead atoms. The van der Waals surface area contributed by atoms with E-state index in [-0.39, 0.29) is 11.9 Å². The molecule has 0 aromatic heterocycles. The van der Waals surface area contributed by atoms with Gasteiger partial charge in [-0.3, -0.25) is 4.79 Å². The fourth-order valence-electron chi connectivity index (χ4n) is 1.97. The number of likely N-dealkylation sites (tertiary alicyclic amines) is 1. The van der Waals surface area contributed by atoms with Crippen molar-refractivity contribution in [2.24, 2.45) is 5.73 Å². The molecule has 1 saturated heterocycles. The lowest BCUT2D eigenvalue weighted by Crippen LogP contribution is -2.47. The van der Waals surface area contributed by atoms with Gasteiger partial charge < -0.3 is 16.4 Å². The molecule has 4 N–H and O–H groups in total. The molecule has 1 amide bonds. The van der Waals surface area contributed by atoms with E-state index in [1.807, 2.05) is 29.2 Å². The van der Waals surface area contributed by atoms with Gasteiger partial charge >= 0.3 is 0 Å². The highest BCUT2D eigenvalue weighted by molar-refractivity contribution is 5.82. The fourth-order valence-corrected chi connectivity index (χ4v) is 1.97. The molecule has 4 heteroatoms. The number of piperidine rings is 1. The lowest BCUT2D eigenvalue weighted by Gasteiger charge is -2.30. The lowest BCUT2D eigenvalue weighted by molar-refractivity contribution is -0.135. The van der Waals surface area contributed by atoms with Crippen molar-refractivity contribution in [1.29, 1.82) is 0 Å². The smallest absolute Gasteiger partial charge is 0.239 e. The van der Waals surface area contributed by atoms with Crippen LogP contribution in [0.5, 0.6) is 0 Å². The second kappa shape index (κ2) is 4.53. The summed E-state index contributed by atoms with van der Waals surface area (Å²) in [6, 6.07) is 7.28. The van der Waals surface area contributed by atoms with Gasteiger partial charge in [-0.1, -0.05) is 12.1 Å². The monoisotopic (exact) mass is 219 g/mol. The van der Waals surface area contributed by atoms with Gasteiger partial charge in [-0.05, 0) is 30.5 Å². The van der Waals surface area contributed by atoms with Gasteiger partial charge in [-0.15, -0.1) is 0 Å². The van der Waals surface area contributed by atoms with Crippen molar-refractivity contribution in [3.63, 3.8) is 0 Å². The van der Waals surface area contributed by atoms with Gasteiger partial charge in [0.1, 0.15) is 0 Å². The second-order valence-corrected chi connectivity index (χ2v) is 4.25. The molecule has 0 spiro atoms. The molecule has 2 rings (SSSR count). The van der Waals surface area contributed by atoms with Crippen LogP contribution in [-0.2, 0) is 11.3 Å². The van der Waals surface area contributed by atoms with E-state index in [0.29, 0.717) is 6.54 Å². The number of amides is 1. The average molecular weight is 219 g/mol. The van der Waals surface area contributed by atoms with Crippen LogP contribution in [0.1, 0.15) is 18.4 Å². The number of rotatable bonds is 2. The van der Waals surface area contributed by atoms with Crippen LogP contribution in [0.4, 0.5) is 5.69 Å². The standard InChI is InChI=1S/C12H17N3O/c13-10-5-3-9(4-6-10)8-15-7-1-2-11(14)12(15)16/h3-6,11H,1-2,7-8,13-14H2/t11-/m0/s1. The molecule has 4 nitrogen and oxygen atoms in total. The quantitative estimate of drug-likeness (QED) is 0.720. The number of benzene rings is 1. The van der Waals surface area contributed by atoms with Crippen LogP contribution in [0, 0.1) is 0 Å².